The van der Waals surface area contributed by atoms with Crippen molar-refractivity contribution < 1.29 is 9.53 Å². The molecule has 8 heteroatoms. The molecule has 0 spiro atoms. The van der Waals surface area contributed by atoms with Crippen LogP contribution in [0, 0.1) is 0 Å². The SMILES string of the molecule is CCC(=O)N1CC(Oc2ccc3nc(-c4cc5ccsc5cn4)[nH]c(=O)c3c2)C1. The average molecular weight is 406 g/mol. The van der Waals surface area contributed by atoms with Crippen molar-refractivity contribution in [3.05, 3.63) is 52.3 Å². The lowest BCUT2D eigenvalue weighted by Gasteiger charge is -2.38. The van der Waals surface area contributed by atoms with E-state index in [2.05, 4.69) is 15.0 Å². The van der Waals surface area contributed by atoms with E-state index in [0.29, 0.717) is 47.7 Å². The third-order valence-electron chi connectivity index (χ3n) is 5.07. The summed E-state index contributed by atoms with van der Waals surface area (Å²) in [7, 11) is 0. The highest BCUT2D eigenvalue weighted by Crippen LogP contribution is 2.25. The van der Waals surface area contributed by atoms with Gasteiger partial charge >= 0.3 is 0 Å². The summed E-state index contributed by atoms with van der Waals surface area (Å²) in [5, 5.41) is 3.54. The standard InChI is InChI=1S/C21H18N4O3S/c1-2-19(26)25-10-14(11-25)28-13-3-4-16-15(8-13)21(27)24-20(23-16)17-7-12-5-6-29-18(12)9-22-17/h3-9,14H,2,10-11H2,1H3,(H,23,24,27). The molecule has 0 saturated carbocycles. The number of likely N-dealkylation sites (tertiary alicyclic amines) is 1. The molecule has 4 heterocycles. The Morgan fingerprint density at radius 3 is 3.00 bits per heavy atom. The second-order valence-corrected chi connectivity index (χ2v) is 7.96. The van der Waals surface area contributed by atoms with Gasteiger partial charge in [0.15, 0.2) is 5.82 Å². The van der Waals surface area contributed by atoms with Gasteiger partial charge in [-0.05, 0) is 41.1 Å². The molecular weight excluding hydrogens is 388 g/mol. The van der Waals surface area contributed by atoms with Crippen LogP contribution in [-0.2, 0) is 4.79 Å². The fourth-order valence-corrected chi connectivity index (χ4v) is 4.18. The molecule has 0 unspecified atom stereocenters. The van der Waals surface area contributed by atoms with Crippen LogP contribution in [0.3, 0.4) is 0 Å². The largest absolute Gasteiger partial charge is 0.487 e. The Kier molecular flexibility index (Phi) is 4.28. The first-order chi connectivity index (χ1) is 14.1. The number of amides is 1. The maximum Gasteiger partial charge on any atom is 0.259 e. The van der Waals surface area contributed by atoms with Gasteiger partial charge in [0.2, 0.25) is 5.91 Å². The number of pyridine rings is 1. The van der Waals surface area contributed by atoms with Gasteiger partial charge in [0, 0.05) is 12.6 Å². The number of ether oxygens (including phenoxy) is 1. The van der Waals surface area contributed by atoms with Gasteiger partial charge in [-0.2, -0.15) is 0 Å². The number of carbonyl (C=O) groups is 1. The summed E-state index contributed by atoms with van der Waals surface area (Å²) in [6.45, 7) is 3.01. The molecule has 1 N–H and O–H groups in total. The minimum atomic E-state index is -0.237. The van der Waals surface area contributed by atoms with Crippen LogP contribution in [0.4, 0.5) is 0 Å². The van der Waals surface area contributed by atoms with Gasteiger partial charge in [0.1, 0.15) is 17.5 Å². The molecule has 1 aliphatic rings. The molecule has 1 aliphatic heterocycles. The molecule has 1 aromatic carbocycles. The number of thiophene rings is 1. The van der Waals surface area contributed by atoms with Crippen LogP contribution in [0.1, 0.15) is 13.3 Å². The number of nitrogens with one attached hydrogen (secondary N) is 1. The highest BCUT2D eigenvalue weighted by Gasteiger charge is 2.31. The lowest BCUT2D eigenvalue weighted by molar-refractivity contribution is -0.139. The molecule has 0 bridgehead atoms. The van der Waals surface area contributed by atoms with Crippen molar-refractivity contribution in [2.45, 2.75) is 19.4 Å². The van der Waals surface area contributed by atoms with Gasteiger partial charge in [0.25, 0.3) is 5.56 Å². The van der Waals surface area contributed by atoms with Gasteiger partial charge < -0.3 is 14.6 Å². The van der Waals surface area contributed by atoms with Gasteiger partial charge in [-0.25, -0.2) is 4.98 Å². The number of H-pyrrole nitrogens is 1. The molecule has 0 aliphatic carbocycles. The van der Waals surface area contributed by atoms with Crippen molar-refractivity contribution in [2.24, 2.45) is 0 Å². The van der Waals surface area contributed by atoms with E-state index in [4.69, 9.17) is 4.74 Å². The zero-order valence-electron chi connectivity index (χ0n) is 15.7. The summed E-state index contributed by atoms with van der Waals surface area (Å²) < 4.78 is 7.00. The average Bonchev–Trinajstić information content (AvgIpc) is 3.18. The Hall–Kier alpha value is -3.26. The molecule has 4 aromatic rings. The van der Waals surface area contributed by atoms with E-state index < -0.39 is 0 Å². The zero-order chi connectivity index (χ0) is 20.0. The maximum absolute atomic E-state index is 12.7. The molecule has 1 amide bonds. The monoisotopic (exact) mass is 406 g/mol. The molecule has 0 atom stereocenters. The highest BCUT2D eigenvalue weighted by molar-refractivity contribution is 7.17. The molecule has 5 rings (SSSR count). The van der Waals surface area contributed by atoms with E-state index >= 15 is 0 Å². The summed E-state index contributed by atoms with van der Waals surface area (Å²) in [4.78, 5) is 37.9. The first kappa shape index (κ1) is 17.8. The van der Waals surface area contributed by atoms with Gasteiger partial charge in [-0.15, -0.1) is 11.3 Å². The number of hydrogen-bond donors (Lipinski definition) is 1. The molecular formula is C21H18N4O3S. The smallest absolute Gasteiger partial charge is 0.259 e. The number of fused-ring (bicyclic) bond motifs is 2. The normalized spacial score (nSPS) is 14.3. The van der Waals surface area contributed by atoms with E-state index in [1.54, 1.807) is 40.6 Å². The molecule has 3 aromatic heterocycles. The van der Waals surface area contributed by atoms with E-state index in [9.17, 15) is 9.59 Å². The Morgan fingerprint density at radius 2 is 2.17 bits per heavy atom. The predicted molar refractivity (Wildman–Crippen MR) is 112 cm³/mol. The van der Waals surface area contributed by atoms with Crippen molar-refractivity contribution >= 4 is 38.2 Å². The van der Waals surface area contributed by atoms with E-state index in [1.165, 1.54) is 0 Å². The molecule has 1 fully saturated rings. The van der Waals surface area contributed by atoms with Crippen molar-refractivity contribution in [1.82, 2.24) is 19.9 Å². The number of aromatic nitrogens is 3. The second-order valence-electron chi connectivity index (χ2n) is 7.01. The van der Waals surface area contributed by atoms with Crippen molar-refractivity contribution in [3.63, 3.8) is 0 Å². The summed E-state index contributed by atoms with van der Waals surface area (Å²) in [6.07, 6.45) is 2.25. The number of carbonyl (C=O) groups excluding carboxylic acids is 1. The fourth-order valence-electron chi connectivity index (χ4n) is 3.44. The minimum absolute atomic E-state index is 0.0456. The predicted octanol–water partition coefficient (Wildman–Crippen LogP) is 3.20. The number of benzene rings is 1. The fraction of sp³-hybridized carbons (Fsp3) is 0.238. The second kappa shape index (κ2) is 6.97. The van der Waals surface area contributed by atoms with Crippen molar-refractivity contribution in [2.75, 3.05) is 13.1 Å². The van der Waals surface area contributed by atoms with Crippen LogP contribution in [0.2, 0.25) is 0 Å². The van der Waals surface area contributed by atoms with Crippen molar-refractivity contribution in [3.8, 4) is 17.3 Å². The van der Waals surface area contributed by atoms with Crippen LogP contribution >= 0.6 is 11.3 Å². The number of nitrogens with zero attached hydrogens (tertiary/aromatic N) is 3. The van der Waals surface area contributed by atoms with E-state index in [-0.39, 0.29) is 17.6 Å². The Balaban J connectivity index is 1.41. The molecule has 7 nitrogen and oxygen atoms in total. The quantitative estimate of drug-likeness (QED) is 0.562. The Morgan fingerprint density at radius 1 is 1.31 bits per heavy atom. The lowest BCUT2D eigenvalue weighted by atomic mass is 10.1. The zero-order valence-corrected chi connectivity index (χ0v) is 16.5. The van der Waals surface area contributed by atoms with Crippen LogP contribution in [0.5, 0.6) is 5.75 Å². The number of hydrogen-bond acceptors (Lipinski definition) is 6. The first-order valence-corrected chi connectivity index (χ1v) is 10.3. The first-order valence-electron chi connectivity index (χ1n) is 9.43. The molecule has 29 heavy (non-hydrogen) atoms. The molecule has 0 radical (unpaired) electrons. The lowest BCUT2D eigenvalue weighted by Crippen LogP contribution is -2.56. The van der Waals surface area contributed by atoms with Gasteiger partial charge in [-0.1, -0.05) is 6.92 Å². The van der Waals surface area contributed by atoms with E-state index in [0.717, 1.165) is 10.1 Å². The Labute approximate surface area is 170 Å². The summed E-state index contributed by atoms with van der Waals surface area (Å²) in [5.41, 5.74) is 0.976. The van der Waals surface area contributed by atoms with Crippen LogP contribution in [-0.4, -0.2) is 45.0 Å². The molecule has 1 saturated heterocycles. The summed E-state index contributed by atoms with van der Waals surface area (Å²) in [6, 6.07) is 9.22. The van der Waals surface area contributed by atoms with Crippen LogP contribution < -0.4 is 10.3 Å². The molecule has 146 valence electrons. The van der Waals surface area contributed by atoms with Gasteiger partial charge in [-0.3, -0.25) is 14.6 Å². The van der Waals surface area contributed by atoms with Crippen LogP contribution in [0.15, 0.2) is 46.7 Å². The number of rotatable bonds is 4. The van der Waals surface area contributed by atoms with Crippen LogP contribution in [0.25, 0.3) is 32.5 Å². The van der Waals surface area contributed by atoms with Gasteiger partial charge in [0.05, 0.1) is 28.7 Å². The highest BCUT2D eigenvalue weighted by atomic mass is 32.1. The van der Waals surface area contributed by atoms with E-state index in [1.807, 2.05) is 24.4 Å². The van der Waals surface area contributed by atoms with Crippen molar-refractivity contribution in [1.29, 1.82) is 0 Å². The summed E-state index contributed by atoms with van der Waals surface area (Å²) >= 11 is 1.62. The summed E-state index contributed by atoms with van der Waals surface area (Å²) in [5.74, 6) is 1.17. The minimum Gasteiger partial charge on any atom is -0.487 e. The Bertz CT molecular complexity index is 1290. The third kappa shape index (κ3) is 3.25. The maximum atomic E-state index is 12.7. The topological polar surface area (TPSA) is 88.2 Å². The third-order valence-corrected chi connectivity index (χ3v) is 5.93. The number of aromatic amines is 1.